The van der Waals surface area contributed by atoms with Crippen LogP contribution in [0.5, 0.6) is 0 Å². The van der Waals surface area contributed by atoms with Gasteiger partial charge in [0.25, 0.3) is 0 Å². The quantitative estimate of drug-likeness (QED) is 0.825. The minimum Gasteiger partial charge on any atom is -0.378 e. The molecule has 1 aliphatic rings. The highest BCUT2D eigenvalue weighted by Gasteiger charge is 2.43. The molecule has 0 radical (unpaired) electrons. The monoisotopic (exact) mass is 376 g/mol. The van der Waals surface area contributed by atoms with E-state index in [2.05, 4.69) is 9.71 Å². The maximum atomic E-state index is 12.9. The van der Waals surface area contributed by atoms with Crippen molar-refractivity contribution in [1.82, 2.24) is 14.8 Å². The minimum absolute atomic E-state index is 0.119. The predicted molar refractivity (Wildman–Crippen MR) is 101 cm³/mol. The lowest BCUT2D eigenvalue weighted by atomic mass is 10.0. The van der Waals surface area contributed by atoms with Crippen molar-refractivity contribution in [2.24, 2.45) is 0 Å². The molecule has 0 aliphatic carbocycles. The molecule has 0 saturated carbocycles. The van der Waals surface area contributed by atoms with Crippen LogP contribution in [0.2, 0.25) is 0 Å². The van der Waals surface area contributed by atoms with Gasteiger partial charge in [0, 0.05) is 33.0 Å². The molecule has 2 atom stereocenters. The van der Waals surface area contributed by atoms with Gasteiger partial charge in [-0.25, -0.2) is 13.1 Å². The van der Waals surface area contributed by atoms with Crippen LogP contribution in [0, 0.1) is 0 Å². The second-order valence-electron chi connectivity index (χ2n) is 6.50. The van der Waals surface area contributed by atoms with Crippen LogP contribution in [0.3, 0.4) is 0 Å². The molecule has 1 N–H and O–H groups in total. The molecular weight excluding hydrogens is 352 g/mol. The largest absolute Gasteiger partial charge is 0.378 e. The molecule has 0 amide bonds. The molecule has 0 spiro atoms. The number of anilines is 1. The van der Waals surface area contributed by atoms with Gasteiger partial charge in [-0.1, -0.05) is 18.2 Å². The van der Waals surface area contributed by atoms with E-state index in [1.807, 2.05) is 49.3 Å². The van der Waals surface area contributed by atoms with Crippen molar-refractivity contribution in [1.29, 1.82) is 0 Å². The summed E-state index contributed by atoms with van der Waals surface area (Å²) in [6, 6.07) is 12.9. The SMILES string of the molecule is CN(C)c1ccc(C2C(S(=O)(=O)NCc3ccccn3)CON2C)cc1. The molecule has 1 aromatic carbocycles. The molecule has 8 heteroatoms. The van der Waals surface area contributed by atoms with Crippen LogP contribution in [0.1, 0.15) is 17.3 Å². The Morgan fingerprint density at radius 2 is 1.96 bits per heavy atom. The Morgan fingerprint density at radius 1 is 1.23 bits per heavy atom. The number of hydroxylamine groups is 2. The molecule has 1 aromatic heterocycles. The van der Waals surface area contributed by atoms with Crippen LogP contribution in [0.15, 0.2) is 48.7 Å². The molecule has 2 aromatic rings. The van der Waals surface area contributed by atoms with E-state index in [9.17, 15) is 8.42 Å². The normalized spacial score (nSPS) is 21.0. The van der Waals surface area contributed by atoms with Gasteiger partial charge in [-0.3, -0.25) is 9.82 Å². The summed E-state index contributed by atoms with van der Waals surface area (Å²) in [5, 5.41) is 0.927. The van der Waals surface area contributed by atoms with E-state index in [0.717, 1.165) is 11.3 Å². The van der Waals surface area contributed by atoms with Crippen molar-refractivity contribution < 1.29 is 13.3 Å². The Bertz CT molecular complexity index is 825. The van der Waals surface area contributed by atoms with E-state index in [1.165, 1.54) is 0 Å². The van der Waals surface area contributed by atoms with Gasteiger partial charge in [-0.05, 0) is 29.8 Å². The van der Waals surface area contributed by atoms with E-state index >= 15 is 0 Å². The zero-order chi connectivity index (χ0) is 18.7. The van der Waals surface area contributed by atoms with E-state index in [1.54, 1.807) is 30.4 Å². The van der Waals surface area contributed by atoms with Crippen molar-refractivity contribution in [3.63, 3.8) is 0 Å². The maximum Gasteiger partial charge on any atom is 0.219 e. The molecule has 1 aliphatic heterocycles. The number of hydrogen-bond donors (Lipinski definition) is 1. The van der Waals surface area contributed by atoms with Gasteiger partial charge >= 0.3 is 0 Å². The standard InChI is InChI=1S/C18H24N4O3S/c1-21(2)16-9-7-14(8-10-16)18-17(13-25-22(18)3)26(23,24)20-12-15-6-4-5-11-19-15/h4-11,17-18,20H,12-13H2,1-3H3. The highest BCUT2D eigenvalue weighted by Crippen LogP contribution is 2.34. The minimum atomic E-state index is -3.58. The lowest BCUT2D eigenvalue weighted by Gasteiger charge is -2.24. The molecule has 1 fully saturated rings. The molecule has 2 heterocycles. The fourth-order valence-corrected chi connectivity index (χ4v) is 4.51. The summed E-state index contributed by atoms with van der Waals surface area (Å²) in [4.78, 5) is 11.7. The number of rotatable bonds is 6. The Hall–Kier alpha value is -2.00. The summed E-state index contributed by atoms with van der Waals surface area (Å²) in [5.74, 6) is 0. The first-order chi connectivity index (χ1) is 12.4. The fourth-order valence-electron chi connectivity index (χ4n) is 3.03. The first kappa shape index (κ1) is 18.8. The van der Waals surface area contributed by atoms with E-state index in [-0.39, 0.29) is 19.2 Å². The third-order valence-corrected chi connectivity index (χ3v) is 6.25. The fraction of sp³-hybridized carbons (Fsp3) is 0.389. The highest BCUT2D eigenvalue weighted by atomic mass is 32.2. The van der Waals surface area contributed by atoms with Gasteiger partial charge in [0.1, 0.15) is 5.25 Å². The molecule has 7 nitrogen and oxygen atoms in total. The van der Waals surface area contributed by atoms with E-state index in [0.29, 0.717) is 5.69 Å². The van der Waals surface area contributed by atoms with Gasteiger partial charge in [-0.15, -0.1) is 0 Å². The summed E-state index contributed by atoms with van der Waals surface area (Å²) in [6.45, 7) is 0.282. The van der Waals surface area contributed by atoms with Gasteiger partial charge < -0.3 is 4.90 Å². The van der Waals surface area contributed by atoms with Crippen LogP contribution in [0.25, 0.3) is 0 Å². The number of nitrogens with one attached hydrogen (secondary N) is 1. The molecule has 0 bridgehead atoms. The average Bonchev–Trinajstić information content (AvgIpc) is 3.03. The lowest BCUT2D eigenvalue weighted by Crippen LogP contribution is -2.39. The van der Waals surface area contributed by atoms with Gasteiger partial charge in [-0.2, -0.15) is 5.06 Å². The second kappa shape index (κ2) is 7.71. The van der Waals surface area contributed by atoms with Crippen molar-refractivity contribution >= 4 is 15.7 Å². The summed E-state index contributed by atoms with van der Waals surface area (Å²) < 4.78 is 28.4. The molecule has 1 saturated heterocycles. The Labute approximate surface area is 154 Å². The summed E-state index contributed by atoms with van der Waals surface area (Å²) in [5.41, 5.74) is 2.64. The number of sulfonamides is 1. The zero-order valence-electron chi connectivity index (χ0n) is 15.2. The Balaban J connectivity index is 1.78. The van der Waals surface area contributed by atoms with Crippen LogP contribution < -0.4 is 9.62 Å². The molecule has 140 valence electrons. The smallest absolute Gasteiger partial charge is 0.219 e. The van der Waals surface area contributed by atoms with E-state index < -0.39 is 15.3 Å². The Kier molecular flexibility index (Phi) is 5.57. The zero-order valence-corrected chi connectivity index (χ0v) is 16.0. The summed E-state index contributed by atoms with van der Waals surface area (Å²) >= 11 is 0. The third-order valence-electron chi connectivity index (χ3n) is 4.52. The molecule has 26 heavy (non-hydrogen) atoms. The van der Waals surface area contributed by atoms with Gasteiger partial charge in [0.2, 0.25) is 10.0 Å². The number of nitrogens with zero attached hydrogens (tertiary/aromatic N) is 3. The van der Waals surface area contributed by atoms with Crippen LogP contribution >= 0.6 is 0 Å². The maximum absolute atomic E-state index is 12.9. The first-order valence-electron chi connectivity index (χ1n) is 8.40. The summed E-state index contributed by atoms with van der Waals surface area (Å²) in [7, 11) is 2.11. The number of hydrogen-bond acceptors (Lipinski definition) is 6. The summed E-state index contributed by atoms with van der Waals surface area (Å²) in [6.07, 6.45) is 1.64. The lowest BCUT2D eigenvalue weighted by molar-refractivity contribution is -0.110. The van der Waals surface area contributed by atoms with Crippen LogP contribution in [-0.2, 0) is 21.4 Å². The topological polar surface area (TPSA) is 74.8 Å². The third kappa shape index (κ3) is 4.04. The first-order valence-corrected chi connectivity index (χ1v) is 9.94. The van der Waals surface area contributed by atoms with Crippen molar-refractivity contribution in [3.05, 3.63) is 59.9 Å². The van der Waals surface area contributed by atoms with E-state index in [4.69, 9.17) is 4.84 Å². The predicted octanol–water partition coefficient (Wildman–Crippen LogP) is 1.55. The highest BCUT2D eigenvalue weighted by molar-refractivity contribution is 7.90. The Morgan fingerprint density at radius 3 is 2.58 bits per heavy atom. The second-order valence-corrected chi connectivity index (χ2v) is 8.48. The van der Waals surface area contributed by atoms with Crippen molar-refractivity contribution in [2.75, 3.05) is 32.6 Å². The average molecular weight is 376 g/mol. The van der Waals surface area contributed by atoms with Gasteiger partial charge in [0.05, 0.1) is 24.9 Å². The van der Waals surface area contributed by atoms with Crippen molar-refractivity contribution in [3.8, 4) is 0 Å². The molecular formula is C18H24N4O3S. The molecule has 3 rings (SSSR count). The van der Waals surface area contributed by atoms with Crippen molar-refractivity contribution in [2.45, 2.75) is 17.8 Å². The number of benzene rings is 1. The number of pyridine rings is 1. The van der Waals surface area contributed by atoms with Gasteiger partial charge in [0.15, 0.2) is 0 Å². The van der Waals surface area contributed by atoms with Crippen LogP contribution in [-0.4, -0.2) is 51.5 Å². The van der Waals surface area contributed by atoms with Crippen LogP contribution in [0.4, 0.5) is 5.69 Å². The number of aromatic nitrogens is 1. The molecule has 2 unspecified atom stereocenters.